The van der Waals surface area contributed by atoms with Crippen LogP contribution in [0.2, 0.25) is 0 Å². The highest BCUT2D eigenvalue weighted by atomic mass is 16.5. The van der Waals surface area contributed by atoms with E-state index < -0.39 is 6.10 Å². The zero-order valence-corrected chi connectivity index (χ0v) is 11.5. The van der Waals surface area contributed by atoms with Gasteiger partial charge in [0.25, 0.3) is 0 Å². The first-order valence-electron chi connectivity index (χ1n) is 6.35. The van der Waals surface area contributed by atoms with E-state index in [1.54, 1.807) is 6.92 Å². The van der Waals surface area contributed by atoms with Crippen molar-refractivity contribution in [1.82, 2.24) is 0 Å². The molecule has 2 unspecified atom stereocenters. The molecule has 0 heterocycles. The number of benzene rings is 1. The summed E-state index contributed by atoms with van der Waals surface area (Å²) in [5, 5.41) is 9.74. The first-order valence-corrected chi connectivity index (χ1v) is 6.35. The van der Waals surface area contributed by atoms with E-state index in [1.165, 1.54) is 0 Å². The Labute approximate surface area is 105 Å². The fourth-order valence-electron chi connectivity index (χ4n) is 2.03. The van der Waals surface area contributed by atoms with E-state index >= 15 is 0 Å². The zero-order valence-electron chi connectivity index (χ0n) is 11.5. The molecule has 0 aromatic heterocycles. The van der Waals surface area contributed by atoms with Crippen LogP contribution in [0.15, 0.2) is 18.2 Å². The molecule has 2 atom stereocenters. The highest BCUT2D eigenvalue weighted by molar-refractivity contribution is 5.38. The maximum atomic E-state index is 9.74. The quantitative estimate of drug-likeness (QED) is 0.841. The van der Waals surface area contributed by atoms with Crippen molar-refractivity contribution in [1.29, 1.82) is 0 Å². The molecule has 1 rings (SSSR count). The molecule has 96 valence electrons. The Balaban J connectivity index is 2.83. The summed E-state index contributed by atoms with van der Waals surface area (Å²) >= 11 is 0. The van der Waals surface area contributed by atoms with Gasteiger partial charge in [-0.15, -0.1) is 0 Å². The summed E-state index contributed by atoms with van der Waals surface area (Å²) < 4.78 is 5.91. The van der Waals surface area contributed by atoms with Crippen molar-refractivity contribution >= 4 is 0 Å². The topological polar surface area (TPSA) is 29.5 Å². The predicted molar refractivity (Wildman–Crippen MR) is 71.4 cm³/mol. The lowest BCUT2D eigenvalue weighted by atomic mass is 10.0. The van der Waals surface area contributed by atoms with Crippen LogP contribution in [0.5, 0.6) is 5.75 Å². The third-order valence-corrected chi connectivity index (χ3v) is 2.75. The monoisotopic (exact) mass is 236 g/mol. The van der Waals surface area contributed by atoms with E-state index in [0.717, 1.165) is 23.3 Å². The molecule has 0 aliphatic carbocycles. The molecule has 0 aliphatic rings. The lowest BCUT2D eigenvalue weighted by Crippen LogP contribution is -2.15. The second-order valence-corrected chi connectivity index (χ2v) is 5.28. The van der Waals surface area contributed by atoms with Gasteiger partial charge in [-0.05, 0) is 45.2 Å². The van der Waals surface area contributed by atoms with Gasteiger partial charge in [-0.2, -0.15) is 0 Å². The fraction of sp³-hybridized carbons (Fsp3) is 0.600. The number of aliphatic hydroxyl groups excluding tert-OH is 1. The fourth-order valence-corrected chi connectivity index (χ4v) is 2.03. The molecule has 0 aliphatic heterocycles. The third-order valence-electron chi connectivity index (χ3n) is 2.75. The van der Waals surface area contributed by atoms with Gasteiger partial charge in [-0.25, -0.2) is 0 Å². The molecule has 0 spiro atoms. The standard InChI is InChI=1S/C15H24O2/c1-10(2)8-12(4)17-15-7-6-11(3)9-14(15)13(5)16/h6-7,9-10,12-13,16H,8H2,1-5H3. The second-order valence-electron chi connectivity index (χ2n) is 5.28. The Bertz CT molecular complexity index is 356. The van der Waals surface area contributed by atoms with Gasteiger partial charge in [-0.3, -0.25) is 0 Å². The van der Waals surface area contributed by atoms with Crippen molar-refractivity contribution in [2.75, 3.05) is 0 Å². The summed E-state index contributed by atoms with van der Waals surface area (Å²) in [6.45, 7) is 10.2. The minimum Gasteiger partial charge on any atom is -0.490 e. The van der Waals surface area contributed by atoms with Crippen LogP contribution in [0, 0.1) is 12.8 Å². The van der Waals surface area contributed by atoms with Gasteiger partial charge in [0.05, 0.1) is 12.2 Å². The molecule has 1 aromatic rings. The highest BCUT2D eigenvalue weighted by Crippen LogP contribution is 2.27. The summed E-state index contributed by atoms with van der Waals surface area (Å²) in [5.41, 5.74) is 2.02. The average Bonchev–Trinajstić information content (AvgIpc) is 2.19. The van der Waals surface area contributed by atoms with Gasteiger partial charge in [-0.1, -0.05) is 25.5 Å². The van der Waals surface area contributed by atoms with E-state index in [1.807, 2.05) is 25.1 Å². The minimum absolute atomic E-state index is 0.176. The second kappa shape index (κ2) is 6.06. The molecule has 2 nitrogen and oxygen atoms in total. The first kappa shape index (κ1) is 14.0. The van der Waals surface area contributed by atoms with Crippen molar-refractivity contribution in [3.05, 3.63) is 29.3 Å². The molecular formula is C15H24O2. The van der Waals surface area contributed by atoms with Gasteiger partial charge in [0.15, 0.2) is 0 Å². The SMILES string of the molecule is Cc1ccc(OC(C)CC(C)C)c(C(C)O)c1. The van der Waals surface area contributed by atoms with E-state index in [0.29, 0.717) is 5.92 Å². The minimum atomic E-state index is -0.490. The lowest BCUT2D eigenvalue weighted by Gasteiger charge is -2.20. The van der Waals surface area contributed by atoms with Crippen LogP contribution < -0.4 is 4.74 Å². The van der Waals surface area contributed by atoms with Crippen LogP contribution in [0.1, 0.15) is 51.3 Å². The Morgan fingerprint density at radius 2 is 1.82 bits per heavy atom. The number of aliphatic hydroxyl groups is 1. The molecule has 17 heavy (non-hydrogen) atoms. The molecule has 0 amide bonds. The van der Waals surface area contributed by atoms with Crippen LogP contribution in [-0.4, -0.2) is 11.2 Å². The summed E-state index contributed by atoms with van der Waals surface area (Å²) in [6, 6.07) is 5.96. The lowest BCUT2D eigenvalue weighted by molar-refractivity contribution is 0.167. The van der Waals surface area contributed by atoms with Gasteiger partial charge in [0.2, 0.25) is 0 Å². The number of hydrogen-bond acceptors (Lipinski definition) is 2. The Kier molecular flexibility index (Phi) is 5.01. The summed E-state index contributed by atoms with van der Waals surface area (Å²) in [6.07, 6.45) is 0.707. The third kappa shape index (κ3) is 4.39. The van der Waals surface area contributed by atoms with Crippen LogP contribution in [0.25, 0.3) is 0 Å². The number of ether oxygens (including phenoxy) is 1. The van der Waals surface area contributed by atoms with Gasteiger partial charge in [0, 0.05) is 5.56 Å². The van der Waals surface area contributed by atoms with Gasteiger partial charge in [0.1, 0.15) is 5.75 Å². The molecular weight excluding hydrogens is 212 g/mol. The van der Waals surface area contributed by atoms with Crippen LogP contribution >= 0.6 is 0 Å². The van der Waals surface area contributed by atoms with E-state index in [-0.39, 0.29) is 6.10 Å². The maximum Gasteiger partial charge on any atom is 0.125 e. The van der Waals surface area contributed by atoms with E-state index in [2.05, 4.69) is 20.8 Å². The highest BCUT2D eigenvalue weighted by Gasteiger charge is 2.13. The average molecular weight is 236 g/mol. The number of hydrogen-bond donors (Lipinski definition) is 1. The first-order chi connectivity index (χ1) is 7.90. The zero-order chi connectivity index (χ0) is 13.0. The Hall–Kier alpha value is -1.02. The van der Waals surface area contributed by atoms with Crippen LogP contribution in [0.3, 0.4) is 0 Å². The summed E-state index contributed by atoms with van der Waals surface area (Å²) in [4.78, 5) is 0. The largest absolute Gasteiger partial charge is 0.490 e. The molecule has 1 aromatic carbocycles. The normalized spacial score (nSPS) is 14.8. The van der Waals surface area contributed by atoms with Crippen LogP contribution in [-0.2, 0) is 0 Å². The number of aryl methyl sites for hydroxylation is 1. The molecule has 0 fully saturated rings. The molecule has 1 N–H and O–H groups in total. The van der Waals surface area contributed by atoms with E-state index in [9.17, 15) is 5.11 Å². The molecule has 0 saturated heterocycles. The number of rotatable bonds is 5. The Morgan fingerprint density at radius 1 is 1.18 bits per heavy atom. The molecule has 0 radical (unpaired) electrons. The van der Waals surface area contributed by atoms with Crippen molar-refractivity contribution in [2.45, 2.75) is 53.2 Å². The van der Waals surface area contributed by atoms with Gasteiger partial charge >= 0.3 is 0 Å². The van der Waals surface area contributed by atoms with Crippen LogP contribution in [0.4, 0.5) is 0 Å². The van der Waals surface area contributed by atoms with Crippen molar-refractivity contribution in [3.63, 3.8) is 0 Å². The summed E-state index contributed by atoms with van der Waals surface area (Å²) in [7, 11) is 0. The van der Waals surface area contributed by atoms with E-state index in [4.69, 9.17) is 4.74 Å². The Morgan fingerprint density at radius 3 is 2.35 bits per heavy atom. The molecule has 0 saturated carbocycles. The molecule has 0 bridgehead atoms. The van der Waals surface area contributed by atoms with Crippen molar-refractivity contribution in [3.8, 4) is 5.75 Å². The van der Waals surface area contributed by atoms with Crippen molar-refractivity contribution < 1.29 is 9.84 Å². The maximum absolute atomic E-state index is 9.74. The molecule has 2 heteroatoms. The van der Waals surface area contributed by atoms with Gasteiger partial charge < -0.3 is 9.84 Å². The summed E-state index contributed by atoms with van der Waals surface area (Å²) in [5.74, 6) is 1.42. The van der Waals surface area contributed by atoms with Crippen molar-refractivity contribution in [2.24, 2.45) is 5.92 Å². The predicted octanol–water partition coefficient (Wildman–Crippen LogP) is 3.86. The smallest absolute Gasteiger partial charge is 0.125 e.